The third-order valence-corrected chi connectivity index (χ3v) is 7.76. The molecule has 0 saturated heterocycles. The summed E-state index contributed by atoms with van der Waals surface area (Å²) in [5.41, 5.74) is 5.80. The van der Waals surface area contributed by atoms with Gasteiger partial charge in [0.25, 0.3) is 0 Å². The Morgan fingerprint density at radius 1 is 0.725 bits per heavy atom. The summed E-state index contributed by atoms with van der Waals surface area (Å²) in [6.45, 7) is 0.375. The summed E-state index contributed by atoms with van der Waals surface area (Å²) in [4.78, 5) is 9.34. The second-order valence-electron chi connectivity index (χ2n) is 9.44. The van der Waals surface area contributed by atoms with Gasteiger partial charge in [-0.3, -0.25) is 9.67 Å². The van der Waals surface area contributed by atoms with E-state index < -0.39 is 9.84 Å². The van der Waals surface area contributed by atoms with Crippen molar-refractivity contribution in [2.24, 2.45) is 0 Å². The predicted molar refractivity (Wildman–Crippen MR) is 150 cm³/mol. The highest BCUT2D eigenvalue weighted by molar-refractivity contribution is 7.90. The van der Waals surface area contributed by atoms with Gasteiger partial charge in [-0.25, -0.2) is 22.2 Å². The average Bonchev–Trinajstić information content (AvgIpc) is 3.35. The number of halogens is 2. The molecule has 6 rings (SSSR count). The molecule has 0 unspecified atom stereocenters. The van der Waals surface area contributed by atoms with Crippen LogP contribution in [0, 0.1) is 11.6 Å². The fraction of sp³-hybridized carbons (Fsp3) is 0.0645. The molecule has 6 aromatic rings. The van der Waals surface area contributed by atoms with Crippen LogP contribution in [0.25, 0.3) is 44.5 Å². The first kappa shape index (κ1) is 25.5. The van der Waals surface area contributed by atoms with Crippen molar-refractivity contribution in [3.63, 3.8) is 0 Å². The van der Waals surface area contributed by atoms with Crippen molar-refractivity contribution in [1.29, 1.82) is 0 Å². The number of hydrogen-bond donors (Lipinski definition) is 0. The van der Waals surface area contributed by atoms with E-state index in [1.807, 2.05) is 18.3 Å². The molecule has 0 radical (unpaired) electrons. The van der Waals surface area contributed by atoms with Crippen molar-refractivity contribution in [1.82, 2.24) is 19.7 Å². The van der Waals surface area contributed by atoms with Gasteiger partial charge in [-0.1, -0.05) is 24.3 Å². The molecular weight excluding hydrogens is 530 g/mol. The minimum Gasteiger partial charge on any atom is -0.265 e. The lowest BCUT2D eigenvalue weighted by atomic mass is 9.90. The van der Waals surface area contributed by atoms with Crippen LogP contribution in [-0.4, -0.2) is 34.4 Å². The zero-order chi connectivity index (χ0) is 27.9. The minimum atomic E-state index is -3.30. The van der Waals surface area contributed by atoms with Crippen LogP contribution in [0.2, 0.25) is 0 Å². The van der Waals surface area contributed by atoms with Crippen LogP contribution in [0.3, 0.4) is 0 Å². The summed E-state index contributed by atoms with van der Waals surface area (Å²) in [6, 6.07) is 22.7. The van der Waals surface area contributed by atoms with Gasteiger partial charge < -0.3 is 0 Å². The van der Waals surface area contributed by atoms with E-state index in [0.29, 0.717) is 23.4 Å². The molecule has 0 bridgehead atoms. The number of pyridine rings is 2. The van der Waals surface area contributed by atoms with Crippen molar-refractivity contribution in [2.45, 2.75) is 11.4 Å². The standard InChI is InChI=1S/C31H22F2N4O2S/c1-40(38,39)26-12-2-20(3-13-26)18-37-19-27-28(21-4-8-24(32)9-5-21)29(22-14-16-34-17-15-22)30(35-31(27)36-37)23-6-10-25(33)11-7-23/h2-17,19H,18H2,1H3. The van der Waals surface area contributed by atoms with Crippen molar-refractivity contribution in [3.05, 3.63) is 121 Å². The maximum absolute atomic E-state index is 14.0. The van der Waals surface area contributed by atoms with Crippen LogP contribution in [0.15, 0.2) is 108 Å². The van der Waals surface area contributed by atoms with Crippen LogP contribution in [0.1, 0.15) is 5.56 Å². The second-order valence-corrected chi connectivity index (χ2v) is 11.5. The lowest BCUT2D eigenvalue weighted by molar-refractivity contribution is 0.601. The van der Waals surface area contributed by atoms with Crippen LogP contribution in [-0.2, 0) is 16.4 Å². The topological polar surface area (TPSA) is 77.7 Å². The van der Waals surface area contributed by atoms with E-state index in [4.69, 9.17) is 10.1 Å². The normalized spacial score (nSPS) is 11.7. The monoisotopic (exact) mass is 552 g/mol. The fourth-order valence-electron chi connectivity index (χ4n) is 4.73. The first-order chi connectivity index (χ1) is 19.3. The lowest BCUT2D eigenvalue weighted by Crippen LogP contribution is -2.01. The average molecular weight is 553 g/mol. The SMILES string of the molecule is CS(=O)(=O)c1ccc(Cn2cc3c(-c4ccc(F)cc4)c(-c4ccncc4)c(-c4ccc(F)cc4)nc3n2)cc1. The molecule has 0 aliphatic heterocycles. The second kappa shape index (κ2) is 10.1. The molecule has 0 saturated carbocycles. The number of hydrogen-bond acceptors (Lipinski definition) is 5. The Kier molecular flexibility index (Phi) is 6.43. The van der Waals surface area contributed by atoms with E-state index in [1.54, 1.807) is 65.6 Å². The largest absolute Gasteiger partial charge is 0.265 e. The Labute approximate surface area is 229 Å². The van der Waals surface area contributed by atoms with Crippen LogP contribution in [0.5, 0.6) is 0 Å². The van der Waals surface area contributed by atoms with E-state index in [2.05, 4.69) is 4.98 Å². The molecule has 0 fully saturated rings. The highest BCUT2D eigenvalue weighted by Crippen LogP contribution is 2.43. The first-order valence-electron chi connectivity index (χ1n) is 12.4. The molecule has 0 atom stereocenters. The third kappa shape index (κ3) is 4.99. The molecule has 0 aliphatic carbocycles. The zero-order valence-electron chi connectivity index (χ0n) is 21.3. The maximum Gasteiger partial charge on any atom is 0.182 e. The number of nitrogens with zero attached hydrogens (tertiary/aromatic N) is 4. The molecule has 40 heavy (non-hydrogen) atoms. The number of benzene rings is 3. The molecule has 3 heterocycles. The predicted octanol–water partition coefficient (Wildman–Crippen LogP) is 6.56. The van der Waals surface area contributed by atoms with Gasteiger partial charge >= 0.3 is 0 Å². The van der Waals surface area contributed by atoms with Gasteiger partial charge in [0.2, 0.25) is 0 Å². The first-order valence-corrected chi connectivity index (χ1v) is 14.3. The number of rotatable bonds is 6. The Hall–Kier alpha value is -4.76. The van der Waals surface area contributed by atoms with Crippen molar-refractivity contribution < 1.29 is 17.2 Å². The van der Waals surface area contributed by atoms with Gasteiger partial charge in [-0.05, 0) is 77.4 Å². The number of aromatic nitrogens is 4. The van der Waals surface area contributed by atoms with E-state index in [1.165, 1.54) is 30.5 Å². The van der Waals surface area contributed by atoms with Crippen molar-refractivity contribution in [2.75, 3.05) is 6.26 Å². The molecular formula is C31H22F2N4O2S. The van der Waals surface area contributed by atoms with Gasteiger partial charge in [0.05, 0.1) is 17.1 Å². The van der Waals surface area contributed by atoms with Gasteiger partial charge in [0.1, 0.15) is 11.6 Å². The minimum absolute atomic E-state index is 0.244. The summed E-state index contributed by atoms with van der Waals surface area (Å²) in [6.07, 6.45) is 6.42. The molecule has 0 aliphatic rings. The van der Waals surface area contributed by atoms with E-state index in [9.17, 15) is 17.2 Å². The lowest BCUT2D eigenvalue weighted by Gasteiger charge is -2.16. The quantitative estimate of drug-likeness (QED) is 0.234. The summed E-state index contributed by atoms with van der Waals surface area (Å²) in [5, 5.41) is 5.50. The summed E-state index contributed by atoms with van der Waals surface area (Å²) < 4.78 is 53.3. The third-order valence-electron chi connectivity index (χ3n) is 6.63. The van der Waals surface area contributed by atoms with E-state index in [-0.39, 0.29) is 16.5 Å². The van der Waals surface area contributed by atoms with E-state index >= 15 is 0 Å². The Morgan fingerprint density at radius 3 is 1.90 bits per heavy atom. The van der Waals surface area contributed by atoms with Crippen LogP contribution >= 0.6 is 0 Å². The van der Waals surface area contributed by atoms with Crippen LogP contribution in [0.4, 0.5) is 8.78 Å². The van der Waals surface area contributed by atoms with Gasteiger partial charge in [0.15, 0.2) is 15.5 Å². The number of fused-ring (bicyclic) bond motifs is 1. The fourth-order valence-corrected chi connectivity index (χ4v) is 5.36. The van der Waals surface area contributed by atoms with Gasteiger partial charge in [-0.15, -0.1) is 0 Å². The molecule has 0 spiro atoms. The molecule has 6 nitrogen and oxygen atoms in total. The van der Waals surface area contributed by atoms with Crippen molar-refractivity contribution in [3.8, 4) is 33.5 Å². The smallest absolute Gasteiger partial charge is 0.182 e. The molecule has 0 N–H and O–H groups in total. The molecule has 0 amide bonds. The highest BCUT2D eigenvalue weighted by atomic mass is 32.2. The summed E-state index contributed by atoms with van der Waals surface area (Å²) >= 11 is 0. The highest BCUT2D eigenvalue weighted by Gasteiger charge is 2.22. The molecule has 3 aromatic carbocycles. The molecule has 198 valence electrons. The maximum atomic E-state index is 14.0. The zero-order valence-corrected chi connectivity index (χ0v) is 22.1. The number of sulfone groups is 1. The molecule has 3 aromatic heterocycles. The van der Waals surface area contributed by atoms with Gasteiger partial charge in [0, 0.05) is 46.9 Å². The van der Waals surface area contributed by atoms with Crippen molar-refractivity contribution >= 4 is 20.9 Å². The Balaban J connectivity index is 1.59. The Morgan fingerprint density at radius 2 is 1.30 bits per heavy atom. The van der Waals surface area contributed by atoms with Crippen LogP contribution < -0.4 is 0 Å². The van der Waals surface area contributed by atoms with E-state index in [0.717, 1.165) is 33.2 Å². The van der Waals surface area contributed by atoms with Gasteiger partial charge in [-0.2, -0.15) is 5.10 Å². The molecule has 9 heteroatoms. The Bertz CT molecular complexity index is 1940. The summed E-state index contributed by atoms with van der Waals surface area (Å²) in [5.74, 6) is -0.716. The summed E-state index contributed by atoms with van der Waals surface area (Å²) in [7, 11) is -3.30.